The molecule has 0 saturated heterocycles. The molecule has 0 spiro atoms. The van der Waals surface area contributed by atoms with Gasteiger partial charge in [0.1, 0.15) is 18.1 Å². The summed E-state index contributed by atoms with van der Waals surface area (Å²) in [6.07, 6.45) is 4.32. The van der Waals surface area contributed by atoms with Gasteiger partial charge in [-0.05, 0) is 55.2 Å². The smallest absolute Gasteiger partial charge is 0.291 e. The minimum Gasteiger partial charge on any atom is -0.485 e. The molecule has 0 fully saturated rings. The second-order valence-electron chi connectivity index (χ2n) is 7.51. The molecule has 2 aromatic heterocycles. The summed E-state index contributed by atoms with van der Waals surface area (Å²) in [4.78, 5) is 12.5. The summed E-state index contributed by atoms with van der Waals surface area (Å²) in [7, 11) is 0. The molecule has 0 aliphatic rings. The number of nitrogens with one attached hydrogen (secondary N) is 1. The van der Waals surface area contributed by atoms with Crippen LogP contribution >= 0.6 is 0 Å². The zero-order chi connectivity index (χ0) is 21.6. The van der Waals surface area contributed by atoms with Crippen molar-refractivity contribution in [2.24, 2.45) is 0 Å². The highest BCUT2D eigenvalue weighted by atomic mass is 16.5. The first-order chi connectivity index (χ1) is 15.1. The zero-order valence-electron chi connectivity index (χ0n) is 17.7. The van der Waals surface area contributed by atoms with Gasteiger partial charge in [-0.25, -0.2) is 0 Å². The number of nitrogens with zero attached hydrogens (tertiary/aromatic N) is 2. The predicted molar refractivity (Wildman–Crippen MR) is 119 cm³/mol. The highest BCUT2D eigenvalue weighted by Gasteiger charge is 2.13. The fraction of sp³-hybridized carbons (Fsp3) is 0.200. The molecule has 0 atom stereocenters. The molecule has 31 heavy (non-hydrogen) atoms. The molecule has 0 saturated carbocycles. The molecule has 1 amide bonds. The van der Waals surface area contributed by atoms with Gasteiger partial charge in [-0.15, -0.1) is 0 Å². The van der Waals surface area contributed by atoms with Crippen LogP contribution in [0, 0.1) is 13.8 Å². The molecular weight excluding hydrogens is 390 g/mol. The summed E-state index contributed by atoms with van der Waals surface area (Å²) >= 11 is 0. The number of anilines is 1. The number of furan rings is 1. The number of aromatic nitrogens is 2. The molecule has 0 aliphatic carbocycles. The van der Waals surface area contributed by atoms with Crippen molar-refractivity contribution in [3.8, 4) is 5.75 Å². The fourth-order valence-electron chi connectivity index (χ4n) is 3.22. The molecule has 1 N–H and O–H groups in total. The molecule has 0 radical (unpaired) electrons. The SMILES string of the molecule is Cc1ccc(C)c(OCc2ccc(C(=O)Nc3cnn(CCc4ccccc4)c3)o2)c1. The van der Waals surface area contributed by atoms with Crippen molar-refractivity contribution < 1.29 is 13.9 Å². The second kappa shape index (κ2) is 9.34. The van der Waals surface area contributed by atoms with E-state index in [4.69, 9.17) is 9.15 Å². The van der Waals surface area contributed by atoms with Crippen molar-refractivity contribution in [3.63, 3.8) is 0 Å². The molecule has 2 heterocycles. The summed E-state index contributed by atoms with van der Waals surface area (Å²) in [6.45, 7) is 5.01. The quantitative estimate of drug-likeness (QED) is 0.431. The van der Waals surface area contributed by atoms with E-state index in [1.165, 1.54) is 5.56 Å². The van der Waals surface area contributed by atoms with Gasteiger partial charge >= 0.3 is 0 Å². The zero-order valence-corrected chi connectivity index (χ0v) is 17.7. The van der Waals surface area contributed by atoms with Gasteiger partial charge in [-0.2, -0.15) is 5.10 Å². The maximum absolute atomic E-state index is 12.5. The monoisotopic (exact) mass is 415 g/mol. The van der Waals surface area contributed by atoms with E-state index in [0.29, 0.717) is 11.4 Å². The van der Waals surface area contributed by atoms with Gasteiger partial charge in [-0.3, -0.25) is 9.48 Å². The van der Waals surface area contributed by atoms with Gasteiger partial charge in [0.15, 0.2) is 5.76 Å². The van der Waals surface area contributed by atoms with E-state index in [1.807, 2.05) is 61.1 Å². The number of amides is 1. The van der Waals surface area contributed by atoms with E-state index < -0.39 is 0 Å². The number of benzene rings is 2. The van der Waals surface area contributed by atoms with Gasteiger partial charge in [0, 0.05) is 12.7 Å². The Hall–Kier alpha value is -3.80. The molecule has 0 bridgehead atoms. The Balaban J connectivity index is 1.31. The van der Waals surface area contributed by atoms with E-state index in [1.54, 1.807) is 18.3 Å². The fourth-order valence-corrected chi connectivity index (χ4v) is 3.22. The number of aryl methyl sites for hydroxylation is 4. The summed E-state index contributed by atoms with van der Waals surface area (Å²) in [5, 5.41) is 7.14. The molecule has 0 unspecified atom stereocenters. The first-order valence-corrected chi connectivity index (χ1v) is 10.2. The van der Waals surface area contributed by atoms with Crippen LogP contribution in [0.5, 0.6) is 5.75 Å². The van der Waals surface area contributed by atoms with Crippen molar-refractivity contribution in [3.05, 3.63) is 101 Å². The van der Waals surface area contributed by atoms with Crippen LogP contribution in [0.3, 0.4) is 0 Å². The van der Waals surface area contributed by atoms with Crippen LogP contribution in [-0.2, 0) is 19.6 Å². The maximum atomic E-state index is 12.5. The number of carbonyl (C=O) groups excluding carboxylic acids is 1. The summed E-state index contributed by atoms with van der Waals surface area (Å²) in [5.74, 6) is 1.31. The third-order valence-corrected chi connectivity index (χ3v) is 4.96. The lowest BCUT2D eigenvalue weighted by Crippen LogP contribution is -2.10. The third kappa shape index (κ3) is 5.42. The largest absolute Gasteiger partial charge is 0.485 e. The lowest BCUT2D eigenvalue weighted by atomic mass is 10.1. The molecule has 2 aromatic carbocycles. The lowest BCUT2D eigenvalue weighted by molar-refractivity contribution is 0.0992. The molecule has 158 valence electrons. The van der Waals surface area contributed by atoms with E-state index >= 15 is 0 Å². The van der Waals surface area contributed by atoms with Crippen molar-refractivity contribution in [1.29, 1.82) is 0 Å². The Bertz CT molecular complexity index is 1160. The van der Waals surface area contributed by atoms with Crippen LogP contribution in [0.25, 0.3) is 0 Å². The Morgan fingerprint density at radius 2 is 1.94 bits per heavy atom. The third-order valence-electron chi connectivity index (χ3n) is 4.96. The first-order valence-electron chi connectivity index (χ1n) is 10.2. The van der Waals surface area contributed by atoms with Gasteiger partial charge in [0.05, 0.1) is 11.9 Å². The van der Waals surface area contributed by atoms with Gasteiger partial charge in [0.2, 0.25) is 0 Å². The minimum atomic E-state index is -0.319. The van der Waals surface area contributed by atoms with Crippen LogP contribution in [0.4, 0.5) is 5.69 Å². The highest BCUT2D eigenvalue weighted by molar-refractivity contribution is 6.02. The average molecular weight is 415 g/mol. The van der Waals surface area contributed by atoms with Crippen LogP contribution in [-0.4, -0.2) is 15.7 Å². The van der Waals surface area contributed by atoms with Crippen molar-refractivity contribution >= 4 is 11.6 Å². The van der Waals surface area contributed by atoms with Crippen LogP contribution in [0.2, 0.25) is 0 Å². The summed E-state index contributed by atoms with van der Waals surface area (Å²) in [5.41, 5.74) is 4.06. The molecule has 4 rings (SSSR count). The Kier molecular flexibility index (Phi) is 6.17. The lowest BCUT2D eigenvalue weighted by Gasteiger charge is -2.08. The van der Waals surface area contributed by atoms with Crippen molar-refractivity contribution in [2.45, 2.75) is 33.4 Å². The molecule has 0 aliphatic heterocycles. The Morgan fingerprint density at radius 3 is 2.77 bits per heavy atom. The van der Waals surface area contributed by atoms with Crippen LogP contribution < -0.4 is 10.1 Å². The van der Waals surface area contributed by atoms with Crippen molar-refractivity contribution in [2.75, 3.05) is 5.32 Å². The van der Waals surface area contributed by atoms with Crippen molar-refractivity contribution in [1.82, 2.24) is 9.78 Å². The van der Waals surface area contributed by atoms with Gasteiger partial charge in [0.25, 0.3) is 5.91 Å². The molecule has 4 aromatic rings. The van der Waals surface area contributed by atoms with Gasteiger partial charge < -0.3 is 14.5 Å². The molecular formula is C25H25N3O3. The van der Waals surface area contributed by atoms with E-state index in [-0.39, 0.29) is 18.3 Å². The second-order valence-corrected chi connectivity index (χ2v) is 7.51. The number of carbonyl (C=O) groups is 1. The van der Waals surface area contributed by atoms with Crippen LogP contribution in [0.15, 0.2) is 77.5 Å². The average Bonchev–Trinajstić information content (AvgIpc) is 3.43. The minimum absolute atomic E-state index is 0.233. The first kappa shape index (κ1) is 20.5. The van der Waals surface area contributed by atoms with Gasteiger partial charge in [-0.1, -0.05) is 42.5 Å². The Labute approximate surface area is 181 Å². The number of rotatable bonds is 8. The Morgan fingerprint density at radius 1 is 1.10 bits per heavy atom. The number of hydrogen-bond donors (Lipinski definition) is 1. The maximum Gasteiger partial charge on any atom is 0.291 e. The molecule has 6 heteroatoms. The van der Waals surface area contributed by atoms with Crippen LogP contribution in [0.1, 0.15) is 33.0 Å². The van der Waals surface area contributed by atoms with E-state index in [9.17, 15) is 4.79 Å². The molecule has 6 nitrogen and oxygen atoms in total. The standard InChI is InChI=1S/C25H25N3O3/c1-18-8-9-19(2)24(14-18)30-17-22-10-11-23(31-22)25(29)27-21-15-26-28(16-21)13-12-20-6-4-3-5-7-20/h3-11,14-16H,12-13,17H2,1-2H3,(H,27,29). The normalized spacial score (nSPS) is 10.8. The van der Waals surface area contributed by atoms with E-state index in [0.717, 1.165) is 29.8 Å². The number of hydrogen-bond acceptors (Lipinski definition) is 4. The topological polar surface area (TPSA) is 69.3 Å². The highest BCUT2D eigenvalue weighted by Crippen LogP contribution is 2.21. The number of ether oxygens (including phenoxy) is 1. The predicted octanol–water partition coefficient (Wildman–Crippen LogP) is 5.17. The summed E-state index contributed by atoms with van der Waals surface area (Å²) < 4.78 is 13.3. The summed E-state index contributed by atoms with van der Waals surface area (Å²) in [6, 6.07) is 19.7. The van der Waals surface area contributed by atoms with E-state index in [2.05, 4.69) is 22.5 Å².